The molecule has 2 rings (SSSR count). The molecule has 7 nitrogen and oxygen atoms in total. The molecule has 1 fully saturated rings. The maximum atomic E-state index is 11.6. The number of aromatic nitrogens is 1. The van der Waals surface area contributed by atoms with Gasteiger partial charge >= 0.3 is 6.03 Å². The summed E-state index contributed by atoms with van der Waals surface area (Å²) in [4.78, 5) is 15.6. The average Bonchev–Trinajstić information content (AvgIpc) is 2.76. The third-order valence-electron chi connectivity index (χ3n) is 3.31. The second-order valence-corrected chi connectivity index (χ2v) is 7.35. The topological polar surface area (TPSA) is 100 Å². The highest BCUT2D eigenvalue weighted by Crippen LogP contribution is 2.11. The molecule has 1 aromatic heterocycles. The molecule has 2 heterocycles. The van der Waals surface area contributed by atoms with Crippen LogP contribution in [0.15, 0.2) is 18.5 Å². The largest absolute Gasteiger partial charge is 0.383 e. The summed E-state index contributed by atoms with van der Waals surface area (Å²) < 4.78 is 22.6. The standard InChI is InChI=1S/C13H20N4O3S/c1-10-8-14-4-2-12(10)15-5-6-16-13(18)17-11-3-7-21(19,20)9-11/h2,4,8,11H,3,5-7,9H2,1H3,(H,14,15)(H2,16,17,18). The maximum absolute atomic E-state index is 11.6. The van der Waals surface area contributed by atoms with Crippen LogP contribution in [0.3, 0.4) is 0 Å². The average molecular weight is 312 g/mol. The lowest BCUT2D eigenvalue weighted by Gasteiger charge is -2.13. The summed E-state index contributed by atoms with van der Waals surface area (Å²) in [6.07, 6.45) is 3.96. The van der Waals surface area contributed by atoms with Crippen molar-refractivity contribution in [2.45, 2.75) is 19.4 Å². The number of carbonyl (C=O) groups is 1. The highest BCUT2D eigenvalue weighted by Gasteiger charge is 2.28. The van der Waals surface area contributed by atoms with Crippen molar-refractivity contribution in [3.8, 4) is 0 Å². The zero-order valence-corrected chi connectivity index (χ0v) is 12.7. The van der Waals surface area contributed by atoms with Crippen molar-refractivity contribution < 1.29 is 13.2 Å². The molecule has 1 saturated heterocycles. The van der Waals surface area contributed by atoms with Gasteiger partial charge in [0, 0.05) is 37.2 Å². The normalized spacial score (nSPS) is 20.0. The van der Waals surface area contributed by atoms with Crippen molar-refractivity contribution in [3.05, 3.63) is 24.0 Å². The first-order chi connectivity index (χ1) is 9.96. The molecule has 0 spiro atoms. The maximum Gasteiger partial charge on any atom is 0.315 e. The molecule has 21 heavy (non-hydrogen) atoms. The second-order valence-electron chi connectivity index (χ2n) is 5.12. The smallest absolute Gasteiger partial charge is 0.315 e. The minimum atomic E-state index is -2.97. The Balaban J connectivity index is 1.65. The Bertz CT molecular complexity index is 603. The summed E-state index contributed by atoms with van der Waals surface area (Å²) in [5.74, 6) is 0.190. The number of rotatable bonds is 5. The lowest BCUT2D eigenvalue weighted by molar-refractivity contribution is 0.238. The van der Waals surface area contributed by atoms with E-state index in [0.717, 1.165) is 11.3 Å². The minimum absolute atomic E-state index is 0.0366. The summed E-state index contributed by atoms with van der Waals surface area (Å²) in [6, 6.07) is 1.27. The van der Waals surface area contributed by atoms with E-state index in [-0.39, 0.29) is 23.6 Å². The monoisotopic (exact) mass is 312 g/mol. The molecule has 1 aliphatic heterocycles. The van der Waals surface area contributed by atoms with E-state index in [9.17, 15) is 13.2 Å². The molecule has 0 aliphatic carbocycles. The first kappa shape index (κ1) is 15.6. The van der Waals surface area contributed by atoms with E-state index < -0.39 is 9.84 Å². The van der Waals surface area contributed by atoms with Crippen molar-refractivity contribution in [1.29, 1.82) is 0 Å². The molecule has 116 valence electrons. The number of pyridine rings is 1. The van der Waals surface area contributed by atoms with Gasteiger partial charge in [-0.25, -0.2) is 13.2 Å². The highest BCUT2D eigenvalue weighted by atomic mass is 32.2. The fourth-order valence-corrected chi connectivity index (χ4v) is 3.86. The Kier molecular flexibility index (Phi) is 5.00. The quantitative estimate of drug-likeness (QED) is 0.679. The van der Waals surface area contributed by atoms with Crippen LogP contribution >= 0.6 is 0 Å². The van der Waals surface area contributed by atoms with Crippen LogP contribution in [0.25, 0.3) is 0 Å². The van der Waals surface area contributed by atoms with Crippen molar-refractivity contribution in [2.24, 2.45) is 0 Å². The molecule has 1 aliphatic rings. The van der Waals surface area contributed by atoms with Crippen molar-refractivity contribution in [2.75, 3.05) is 29.9 Å². The van der Waals surface area contributed by atoms with Gasteiger partial charge in [-0.05, 0) is 25.0 Å². The predicted octanol–water partition coefficient (Wildman–Crippen LogP) is 0.288. The van der Waals surface area contributed by atoms with Crippen LogP contribution in [0.2, 0.25) is 0 Å². The van der Waals surface area contributed by atoms with Crippen molar-refractivity contribution in [3.63, 3.8) is 0 Å². The van der Waals surface area contributed by atoms with Crippen LogP contribution in [-0.2, 0) is 9.84 Å². The fraction of sp³-hybridized carbons (Fsp3) is 0.538. The second kappa shape index (κ2) is 6.75. The molecule has 0 aromatic carbocycles. The molecule has 1 atom stereocenters. The third-order valence-corrected chi connectivity index (χ3v) is 5.08. The zero-order valence-electron chi connectivity index (χ0n) is 11.9. The number of urea groups is 1. The Labute approximate surface area is 124 Å². The van der Waals surface area contributed by atoms with Gasteiger partial charge in [0.05, 0.1) is 11.5 Å². The van der Waals surface area contributed by atoms with Gasteiger partial charge in [0.25, 0.3) is 0 Å². The predicted molar refractivity (Wildman–Crippen MR) is 81.1 cm³/mol. The van der Waals surface area contributed by atoms with Crippen LogP contribution in [0, 0.1) is 6.92 Å². The van der Waals surface area contributed by atoms with Gasteiger partial charge < -0.3 is 16.0 Å². The van der Waals surface area contributed by atoms with Crippen LogP contribution in [0.4, 0.5) is 10.5 Å². The SMILES string of the molecule is Cc1cnccc1NCCNC(=O)NC1CCS(=O)(=O)C1. The van der Waals surface area contributed by atoms with Crippen LogP contribution in [0.5, 0.6) is 0 Å². The van der Waals surface area contributed by atoms with E-state index in [0.29, 0.717) is 19.5 Å². The number of carbonyl (C=O) groups excluding carboxylic acids is 1. The number of nitrogens with one attached hydrogen (secondary N) is 3. The Morgan fingerprint density at radius 2 is 2.24 bits per heavy atom. The molecule has 0 radical (unpaired) electrons. The summed E-state index contributed by atoms with van der Waals surface area (Å²) in [5.41, 5.74) is 2.02. The minimum Gasteiger partial charge on any atom is -0.383 e. The van der Waals surface area contributed by atoms with Gasteiger partial charge in [-0.3, -0.25) is 4.98 Å². The summed E-state index contributed by atoms with van der Waals surface area (Å²) in [5, 5.41) is 8.58. The first-order valence-corrected chi connectivity index (χ1v) is 8.68. The van der Waals surface area contributed by atoms with Gasteiger partial charge in [-0.15, -0.1) is 0 Å². The van der Waals surface area contributed by atoms with Crippen LogP contribution in [-0.4, -0.2) is 50.1 Å². The van der Waals surface area contributed by atoms with Gasteiger partial charge in [0.1, 0.15) is 0 Å². The summed E-state index contributed by atoms with van der Waals surface area (Å²) in [6.45, 7) is 2.99. The zero-order chi connectivity index (χ0) is 15.3. The van der Waals surface area contributed by atoms with Crippen LogP contribution in [0.1, 0.15) is 12.0 Å². The molecular weight excluding hydrogens is 292 g/mol. The lowest BCUT2D eigenvalue weighted by Crippen LogP contribution is -2.43. The third kappa shape index (κ3) is 4.89. The van der Waals surface area contributed by atoms with Crippen molar-refractivity contribution in [1.82, 2.24) is 15.6 Å². The van der Waals surface area contributed by atoms with E-state index in [4.69, 9.17) is 0 Å². The molecule has 0 bridgehead atoms. The highest BCUT2D eigenvalue weighted by molar-refractivity contribution is 7.91. The molecule has 1 unspecified atom stereocenters. The van der Waals surface area contributed by atoms with E-state index in [1.165, 1.54) is 0 Å². The Morgan fingerprint density at radius 3 is 2.90 bits per heavy atom. The van der Waals surface area contributed by atoms with Crippen molar-refractivity contribution >= 4 is 21.6 Å². The molecule has 2 amide bonds. The summed E-state index contributed by atoms with van der Waals surface area (Å²) >= 11 is 0. The van der Waals surface area contributed by atoms with Gasteiger partial charge in [0.15, 0.2) is 9.84 Å². The molecule has 8 heteroatoms. The first-order valence-electron chi connectivity index (χ1n) is 6.85. The number of aryl methyl sites for hydroxylation is 1. The Hall–Kier alpha value is -1.83. The summed E-state index contributed by atoms with van der Waals surface area (Å²) in [7, 11) is -2.97. The van der Waals surface area contributed by atoms with Crippen LogP contribution < -0.4 is 16.0 Å². The fourth-order valence-electron chi connectivity index (χ4n) is 2.19. The number of anilines is 1. The van der Waals surface area contributed by atoms with Gasteiger partial charge in [0.2, 0.25) is 0 Å². The lowest BCUT2D eigenvalue weighted by atomic mass is 10.2. The van der Waals surface area contributed by atoms with Gasteiger partial charge in [-0.1, -0.05) is 0 Å². The molecular formula is C13H20N4O3S. The Morgan fingerprint density at radius 1 is 1.43 bits per heavy atom. The number of hydrogen-bond donors (Lipinski definition) is 3. The molecule has 1 aromatic rings. The number of amides is 2. The number of hydrogen-bond acceptors (Lipinski definition) is 5. The number of sulfone groups is 1. The van der Waals surface area contributed by atoms with E-state index >= 15 is 0 Å². The van der Waals surface area contributed by atoms with E-state index in [1.54, 1.807) is 12.4 Å². The molecule has 3 N–H and O–H groups in total. The van der Waals surface area contributed by atoms with Gasteiger partial charge in [-0.2, -0.15) is 0 Å². The van der Waals surface area contributed by atoms with E-state index in [2.05, 4.69) is 20.9 Å². The molecule has 0 saturated carbocycles. The van der Waals surface area contributed by atoms with E-state index in [1.807, 2.05) is 13.0 Å². The number of nitrogens with zero attached hydrogens (tertiary/aromatic N) is 1.